The number of carbonyl (C=O) groups excluding carboxylic acids is 1. The van der Waals surface area contributed by atoms with Crippen LogP contribution in [-0.4, -0.2) is 46.2 Å². The molecule has 0 saturated heterocycles. The van der Waals surface area contributed by atoms with Crippen LogP contribution in [0.5, 0.6) is 0 Å². The quantitative estimate of drug-likeness (QED) is 0.641. The molecule has 0 aromatic rings. The van der Waals surface area contributed by atoms with Crippen molar-refractivity contribution in [1.82, 2.24) is 4.90 Å². The highest BCUT2D eigenvalue weighted by molar-refractivity contribution is 5.82. The number of aliphatic hydroxyl groups excluding tert-OH is 1. The molecule has 0 rings (SSSR count). The fraction of sp³-hybridized carbons (Fsp3) is 0.778. The summed E-state index contributed by atoms with van der Waals surface area (Å²) < 4.78 is 0. The van der Waals surface area contributed by atoms with Gasteiger partial charge in [-0.15, -0.1) is 0 Å². The van der Waals surface area contributed by atoms with Gasteiger partial charge in [-0.3, -0.25) is 4.79 Å². The van der Waals surface area contributed by atoms with Gasteiger partial charge in [0.05, 0.1) is 0 Å². The zero-order valence-electron chi connectivity index (χ0n) is 8.56. The molecule has 0 saturated carbocycles. The average Bonchev–Trinajstić information content (AvgIpc) is 2.10. The highest BCUT2D eigenvalue weighted by Crippen LogP contribution is 2.06. The highest BCUT2D eigenvalue weighted by atomic mass is 16.4. The summed E-state index contributed by atoms with van der Waals surface area (Å²) >= 11 is 0. The number of aliphatic carboxylic acids is 1. The third kappa shape index (κ3) is 3.74. The van der Waals surface area contributed by atoms with Crippen LogP contribution in [0.25, 0.3) is 0 Å². The van der Waals surface area contributed by atoms with Gasteiger partial charge in [0.25, 0.3) is 0 Å². The normalized spacial score (nSPS) is 12.2. The van der Waals surface area contributed by atoms with E-state index in [1.54, 1.807) is 0 Å². The number of hydrogen-bond donors (Lipinski definition) is 2. The lowest BCUT2D eigenvalue weighted by molar-refractivity contribution is -0.150. The number of amides is 1. The molecular weight excluding hydrogens is 186 g/mol. The third-order valence-electron chi connectivity index (χ3n) is 1.93. The SMILES string of the molecule is CCCN(C(C)=O)C(CCO)C(=O)O. The molecule has 1 unspecified atom stereocenters. The van der Waals surface area contributed by atoms with Gasteiger partial charge in [-0.2, -0.15) is 0 Å². The molecule has 0 aliphatic heterocycles. The molecule has 5 heteroatoms. The molecule has 2 N–H and O–H groups in total. The standard InChI is InChI=1S/C9H17NO4/c1-3-5-10(7(2)12)8(4-6-11)9(13)14/h8,11H,3-6H2,1-2H3,(H,13,14). The van der Waals surface area contributed by atoms with Crippen molar-refractivity contribution >= 4 is 11.9 Å². The number of rotatable bonds is 6. The Labute approximate surface area is 83.3 Å². The molecule has 0 spiro atoms. The molecule has 0 aromatic heterocycles. The summed E-state index contributed by atoms with van der Waals surface area (Å²) in [6.45, 7) is 3.38. The van der Waals surface area contributed by atoms with Crippen molar-refractivity contribution in [2.75, 3.05) is 13.2 Å². The zero-order chi connectivity index (χ0) is 11.1. The molecular formula is C9H17NO4. The van der Waals surface area contributed by atoms with Crippen molar-refractivity contribution in [3.63, 3.8) is 0 Å². The summed E-state index contributed by atoms with van der Waals surface area (Å²) in [5, 5.41) is 17.5. The second-order valence-electron chi connectivity index (χ2n) is 3.08. The summed E-state index contributed by atoms with van der Waals surface area (Å²) in [4.78, 5) is 23.2. The fourth-order valence-corrected chi connectivity index (χ4v) is 1.31. The van der Waals surface area contributed by atoms with E-state index in [4.69, 9.17) is 10.2 Å². The predicted octanol–water partition coefficient (Wildman–Crippen LogP) is 0.0805. The van der Waals surface area contributed by atoms with Gasteiger partial charge < -0.3 is 15.1 Å². The van der Waals surface area contributed by atoms with Crippen molar-refractivity contribution in [2.45, 2.75) is 32.7 Å². The van der Waals surface area contributed by atoms with Crippen LogP contribution in [0.2, 0.25) is 0 Å². The lowest BCUT2D eigenvalue weighted by Gasteiger charge is -2.26. The van der Waals surface area contributed by atoms with Crippen molar-refractivity contribution in [3.05, 3.63) is 0 Å². The van der Waals surface area contributed by atoms with E-state index in [9.17, 15) is 9.59 Å². The van der Waals surface area contributed by atoms with Crippen molar-refractivity contribution < 1.29 is 19.8 Å². The molecule has 14 heavy (non-hydrogen) atoms. The van der Waals surface area contributed by atoms with E-state index in [0.29, 0.717) is 13.0 Å². The fourth-order valence-electron chi connectivity index (χ4n) is 1.31. The summed E-state index contributed by atoms with van der Waals surface area (Å²) in [5.74, 6) is -1.34. The second kappa shape index (κ2) is 6.37. The van der Waals surface area contributed by atoms with Crippen LogP contribution in [-0.2, 0) is 9.59 Å². The molecule has 0 radical (unpaired) electrons. The van der Waals surface area contributed by atoms with Crippen LogP contribution in [0.4, 0.5) is 0 Å². The Morgan fingerprint density at radius 2 is 2.00 bits per heavy atom. The number of aliphatic hydroxyl groups is 1. The minimum Gasteiger partial charge on any atom is -0.480 e. The first-order chi connectivity index (χ1) is 6.54. The molecule has 0 aliphatic carbocycles. The van der Waals surface area contributed by atoms with Crippen LogP contribution in [0.15, 0.2) is 0 Å². The minimum atomic E-state index is -1.07. The van der Waals surface area contributed by atoms with E-state index in [-0.39, 0.29) is 18.9 Å². The Balaban J connectivity index is 4.54. The first-order valence-corrected chi connectivity index (χ1v) is 4.65. The molecule has 0 heterocycles. The lowest BCUT2D eigenvalue weighted by atomic mass is 10.1. The number of hydrogen-bond acceptors (Lipinski definition) is 3. The summed E-state index contributed by atoms with van der Waals surface area (Å²) in [6, 6.07) is -0.905. The topological polar surface area (TPSA) is 77.8 Å². The Bertz CT molecular complexity index is 183. The van der Waals surface area contributed by atoms with Gasteiger partial charge in [0.2, 0.25) is 5.91 Å². The number of carboxylic acids is 1. The van der Waals surface area contributed by atoms with Gasteiger partial charge >= 0.3 is 5.97 Å². The van der Waals surface area contributed by atoms with Gasteiger partial charge in [0, 0.05) is 26.5 Å². The predicted molar refractivity (Wildman–Crippen MR) is 50.8 cm³/mol. The maximum Gasteiger partial charge on any atom is 0.326 e. The molecule has 0 aromatic carbocycles. The minimum absolute atomic E-state index is 0.0783. The maximum absolute atomic E-state index is 11.1. The van der Waals surface area contributed by atoms with Crippen molar-refractivity contribution in [2.24, 2.45) is 0 Å². The molecule has 82 valence electrons. The van der Waals surface area contributed by atoms with Gasteiger partial charge in [0.1, 0.15) is 6.04 Å². The van der Waals surface area contributed by atoms with Crippen LogP contribution < -0.4 is 0 Å². The number of nitrogens with zero attached hydrogens (tertiary/aromatic N) is 1. The summed E-state index contributed by atoms with van der Waals surface area (Å²) in [5.41, 5.74) is 0. The Hall–Kier alpha value is -1.10. The molecule has 0 fully saturated rings. The van der Waals surface area contributed by atoms with E-state index in [0.717, 1.165) is 0 Å². The third-order valence-corrected chi connectivity index (χ3v) is 1.93. The summed E-state index contributed by atoms with van der Waals surface area (Å²) in [7, 11) is 0. The first-order valence-electron chi connectivity index (χ1n) is 4.65. The largest absolute Gasteiger partial charge is 0.480 e. The van der Waals surface area contributed by atoms with Crippen LogP contribution in [0.3, 0.4) is 0 Å². The monoisotopic (exact) mass is 203 g/mol. The van der Waals surface area contributed by atoms with E-state index < -0.39 is 12.0 Å². The lowest BCUT2D eigenvalue weighted by Crippen LogP contribution is -2.45. The van der Waals surface area contributed by atoms with Gasteiger partial charge in [-0.1, -0.05) is 6.92 Å². The Morgan fingerprint density at radius 3 is 2.29 bits per heavy atom. The van der Waals surface area contributed by atoms with Crippen LogP contribution in [0, 0.1) is 0 Å². The van der Waals surface area contributed by atoms with Crippen molar-refractivity contribution in [1.29, 1.82) is 0 Å². The number of carboxylic acid groups (broad SMARTS) is 1. The highest BCUT2D eigenvalue weighted by Gasteiger charge is 2.26. The Kier molecular flexibility index (Phi) is 5.87. The van der Waals surface area contributed by atoms with Crippen molar-refractivity contribution in [3.8, 4) is 0 Å². The van der Waals surface area contributed by atoms with Gasteiger partial charge in [-0.05, 0) is 6.42 Å². The van der Waals surface area contributed by atoms with Gasteiger partial charge in [-0.25, -0.2) is 4.79 Å². The molecule has 0 bridgehead atoms. The molecule has 1 amide bonds. The summed E-state index contributed by atoms with van der Waals surface area (Å²) in [6.07, 6.45) is 0.781. The van der Waals surface area contributed by atoms with Crippen LogP contribution in [0.1, 0.15) is 26.7 Å². The van der Waals surface area contributed by atoms with E-state index in [2.05, 4.69) is 0 Å². The van der Waals surface area contributed by atoms with E-state index in [1.807, 2.05) is 6.92 Å². The molecule has 0 aliphatic rings. The first kappa shape index (κ1) is 12.9. The smallest absolute Gasteiger partial charge is 0.326 e. The Morgan fingerprint density at radius 1 is 1.43 bits per heavy atom. The zero-order valence-corrected chi connectivity index (χ0v) is 8.56. The maximum atomic E-state index is 11.1. The average molecular weight is 203 g/mol. The number of carbonyl (C=O) groups is 2. The second-order valence-corrected chi connectivity index (χ2v) is 3.08. The molecule has 1 atom stereocenters. The van der Waals surface area contributed by atoms with E-state index in [1.165, 1.54) is 11.8 Å². The van der Waals surface area contributed by atoms with E-state index >= 15 is 0 Å². The molecule has 5 nitrogen and oxygen atoms in total. The van der Waals surface area contributed by atoms with Crippen LogP contribution >= 0.6 is 0 Å². The van der Waals surface area contributed by atoms with Gasteiger partial charge in [0.15, 0.2) is 0 Å².